The third kappa shape index (κ3) is 4.22. The van der Waals surface area contributed by atoms with Crippen molar-refractivity contribution in [3.63, 3.8) is 0 Å². The van der Waals surface area contributed by atoms with E-state index >= 15 is 0 Å². The second-order valence-corrected chi connectivity index (χ2v) is 6.58. The topological polar surface area (TPSA) is 65.1 Å². The van der Waals surface area contributed by atoms with Gasteiger partial charge in [0.05, 0.1) is 31.5 Å². The molecule has 1 aliphatic heterocycles. The highest BCUT2D eigenvalue weighted by atomic mass is 16.5. The number of anilines is 1. The molecule has 0 unspecified atom stereocenters. The number of hydrogen-bond donors (Lipinski definition) is 0. The predicted octanol–water partition coefficient (Wildman–Crippen LogP) is 4.36. The Morgan fingerprint density at radius 1 is 1.03 bits per heavy atom. The van der Waals surface area contributed by atoms with Gasteiger partial charge in [-0.1, -0.05) is 12.1 Å². The van der Waals surface area contributed by atoms with Gasteiger partial charge < -0.3 is 14.2 Å². The van der Waals surface area contributed by atoms with Crippen molar-refractivity contribution < 1.29 is 23.8 Å². The molecule has 0 saturated heterocycles. The van der Waals surface area contributed by atoms with Crippen LogP contribution in [0.2, 0.25) is 0 Å². The van der Waals surface area contributed by atoms with Crippen LogP contribution in [0.3, 0.4) is 0 Å². The summed E-state index contributed by atoms with van der Waals surface area (Å²) < 4.78 is 16.0. The summed E-state index contributed by atoms with van der Waals surface area (Å²) >= 11 is 0. The van der Waals surface area contributed by atoms with E-state index in [2.05, 4.69) is 0 Å². The van der Waals surface area contributed by atoms with Crippen LogP contribution >= 0.6 is 0 Å². The molecule has 0 radical (unpaired) electrons. The average Bonchev–Trinajstić information content (AvgIpc) is 2.99. The number of hydrogen-bond acceptors (Lipinski definition) is 5. The highest BCUT2D eigenvalue weighted by molar-refractivity contribution is 6.23. The van der Waals surface area contributed by atoms with Crippen LogP contribution in [0.4, 0.5) is 5.69 Å². The maximum atomic E-state index is 13.4. The van der Waals surface area contributed by atoms with Crippen molar-refractivity contribution in [2.24, 2.45) is 0 Å². The van der Waals surface area contributed by atoms with Crippen molar-refractivity contribution in [3.05, 3.63) is 70.9 Å². The fourth-order valence-corrected chi connectivity index (χ4v) is 3.35. The molecule has 1 aliphatic rings. The van der Waals surface area contributed by atoms with Gasteiger partial charge in [0.15, 0.2) is 0 Å². The zero-order valence-corrected chi connectivity index (χ0v) is 17.6. The number of nitrogens with zero attached hydrogens (tertiary/aromatic N) is 1. The maximum absolute atomic E-state index is 13.4. The van der Waals surface area contributed by atoms with E-state index in [1.165, 1.54) is 4.90 Å². The molecule has 0 fully saturated rings. The monoisotopic (exact) mass is 407 g/mol. The van der Waals surface area contributed by atoms with E-state index in [1.54, 1.807) is 57.4 Å². The quantitative estimate of drug-likeness (QED) is 0.504. The number of rotatable bonds is 7. The first kappa shape index (κ1) is 21.2. The number of allylic oxidation sites excluding steroid dienone is 1. The van der Waals surface area contributed by atoms with Crippen LogP contribution in [0.1, 0.15) is 26.3 Å². The minimum Gasteiger partial charge on any atom is -0.497 e. The standard InChI is InChI=1S/C24H25NO5/c1-5-29-19-12-10-18(11-13-19)25-16(3)22(24(27)30-6-2)21(23(25)26)15-17-8-7-9-20(14-17)28-4/h7-15H,5-6H2,1-4H3/b21-15-. The number of carbonyl (C=O) groups is 2. The fourth-order valence-electron chi connectivity index (χ4n) is 3.35. The lowest BCUT2D eigenvalue weighted by atomic mass is 10.0. The van der Waals surface area contributed by atoms with E-state index in [1.807, 2.05) is 25.1 Å². The van der Waals surface area contributed by atoms with E-state index in [4.69, 9.17) is 14.2 Å². The number of esters is 1. The number of ether oxygens (including phenoxy) is 3. The molecule has 6 heteroatoms. The molecule has 0 saturated carbocycles. The largest absolute Gasteiger partial charge is 0.497 e. The van der Waals surface area contributed by atoms with Crippen LogP contribution in [-0.4, -0.2) is 32.2 Å². The lowest BCUT2D eigenvalue weighted by molar-refractivity contribution is -0.138. The summed E-state index contributed by atoms with van der Waals surface area (Å²) in [5.41, 5.74) is 2.47. The van der Waals surface area contributed by atoms with Gasteiger partial charge in [0, 0.05) is 11.4 Å². The first-order valence-electron chi connectivity index (χ1n) is 9.81. The molecule has 0 atom stereocenters. The van der Waals surface area contributed by atoms with Crippen molar-refractivity contribution in [3.8, 4) is 11.5 Å². The van der Waals surface area contributed by atoms with E-state index < -0.39 is 5.97 Å². The van der Waals surface area contributed by atoms with Crippen molar-refractivity contribution in [2.45, 2.75) is 20.8 Å². The Balaban J connectivity index is 2.07. The van der Waals surface area contributed by atoms with E-state index in [-0.39, 0.29) is 23.7 Å². The molecule has 0 aromatic heterocycles. The highest BCUT2D eigenvalue weighted by Crippen LogP contribution is 2.36. The van der Waals surface area contributed by atoms with Gasteiger partial charge in [0.2, 0.25) is 0 Å². The first-order valence-corrected chi connectivity index (χ1v) is 9.81. The Labute approximate surface area is 176 Å². The summed E-state index contributed by atoms with van der Waals surface area (Å²) in [5, 5.41) is 0. The molecule has 156 valence electrons. The van der Waals surface area contributed by atoms with Gasteiger partial charge >= 0.3 is 5.97 Å². The molecule has 1 heterocycles. The Morgan fingerprint density at radius 2 is 1.77 bits per heavy atom. The van der Waals surface area contributed by atoms with Crippen LogP contribution in [-0.2, 0) is 14.3 Å². The Morgan fingerprint density at radius 3 is 2.40 bits per heavy atom. The first-order chi connectivity index (χ1) is 14.5. The molecule has 0 spiro atoms. The van der Waals surface area contributed by atoms with Gasteiger partial charge in [-0.15, -0.1) is 0 Å². The van der Waals surface area contributed by atoms with Crippen LogP contribution in [0.5, 0.6) is 11.5 Å². The summed E-state index contributed by atoms with van der Waals surface area (Å²) in [6.45, 7) is 6.17. The Kier molecular flexibility index (Phi) is 6.57. The molecule has 2 aromatic carbocycles. The molecule has 0 N–H and O–H groups in total. The highest BCUT2D eigenvalue weighted by Gasteiger charge is 2.38. The minimum absolute atomic E-state index is 0.222. The second-order valence-electron chi connectivity index (χ2n) is 6.58. The molecule has 30 heavy (non-hydrogen) atoms. The SMILES string of the molecule is CCOC(=O)C1=C(C)N(c2ccc(OCC)cc2)C(=O)/C1=C\c1cccc(OC)c1. The Hall–Kier alpha value is -3.54. The van der Waals surface area contributed by atoms with Crippen LogP contribution in [0.15, 0.2) is 65.4 Å². The number of benzene rings is 2. The smallest absolute Gasteiger partial charge is 0.340 e. The van der Waals surface area contributed by atoms with Crippen molar-refractivity contribution in [2.75, 3.05) is 25.2 Å². The summed E-state index contributed by atoms with van der Waals surface area (Å²) in [6.07, 6.45) is 1.69. The average molecular weight is 407 g/mol. The molecule has 6 nitrogen and oxygen atoms in total. The van der Waals surface area contributed by atoms with Crippen molar-refractivity contribution in [1.29, 1.82) is 0 Å². The van der Waals surface area contributed by atoms with Crippen LogP contribution < -0.4 is 14.4 Å². The minimum atomic E-state index is -0.522. The van der Waals surface area contributed by atoms with Crippen LogP contribution in [0, 0.1) is 0 Å². The molecular weight excluding hydrogens is 382 g/mol. The summed E-state index contributed by atoms with van der Waals surface area (Å²) in [7, 11) is 1.58. The van der Waals surface area contributed by atoms with Gasteiger partial charge in [-0.25, -0.2) is 4.79 Å². The second kappa shape index (κ2) is 9.31. The Bertz CT molecular complexity index is 1000. The molecule has 0 aliphatic carbocycles. The van der Waals surface area contributed by atoms with Gasteiger partial charge in [-0.05, 0) is 68.8 Å². The molecule has 2 aromatic rings. The number of amides is 1. The third-order valence-electron chi connectivity index (χ3n) is 4.69. The van der Waals surface area contributed by atoms with E-state index in [0.717, 1.165) is 5.56 Å². The van der Waals surface area contributed by atoms with E-state index in [0.29, 0.717) is 29.5 Å². The van der Waals surface area contributed by atoms with Crippen LogP contribution in [0.25, 0.3) is 6.08 Å². The van der Waals surface area contributed by atoms with Gasteiger partial charge in [-0.2, -0.15) is 0 Å². The van der Waals surface area contributed by atoms with Gasteiger partial charge in [-0.3, -0.25) is 9.69 Å². The molecular formula is C24H25NO5. The van der Waals surface area contributed by atoms with Gasteiger partial charge in [0.1, 0.15) is 11.5 Å². The zero-order chi connectivity index (χ0) is 21.7. The summed E-state index contributed by atoms with van der Waals surface area (Å²) in [5.74, 6) is 0.567. The van der Waals surface area contributed by atoms with Gasteiger partial charge in [0.25, 0.3) is 5.91 Å². The van der Waals surface area contributed by atoms with Crippen molar-refractivity contribution >= 4 is 23.6 Å². The predicted molar refractivity (Wildman–Crippen MR) is 115 cm³/mol. The fraction of sp³-hybridized carbons (Fsp3) is 0.250. The molecule has 1 amide bonds. The molecule has 0 bridgehead atoms. The van der Waals surface area contributed by atoms with Crippen molar-refractivity contribution in [1.82, 2.24) is 0 Å². The number of carbonyl (C=O) groups excluding carboxylic acids is 2. The number of methoxy groups -OCH3 is 1. The maximum Gasteiger partial charge on any atom is 0.340 e. The normalized spacial score (nSPS) is 15.0. The lowest BCUT2D eigenvalue weighted by Crippen LogP contribution is -2.24. The summed E-state index contributed by atoms with van der Waals surface area (Å²) in [4.78, 5) is 27.6. The molecule has 3 rings (SSSR count). The lowest BCUT2D eigenvalue weighted by Gasteiger charge is -2.18. The third-order valence-corrected chi connectivity index (χ3v) is 4.69. The summed E-state index contributed by atoms with van der Waals surface area (Å²) in [6, 6.07) is 14.5. The van der Waals surface area contributed by atoms with E-state index in [9.17, 15) is 9.59 Å². The zero-order valence-electron chi connectivity index (χ0n) is 17.6.